The number of hydrogen-bond donors (Lipinski definition) is 1. The van der Waals surface area contributed by atoms with E-state index in [0.29, 0.717) is 17.0 Å². The summed E-state index contributed by atoms with van der Waals surface area (Å²) in [7, 11) is -8.81. The Balaban J connectivity index is 1.82. The second-order valence-electron chi connectivity index (χ2n) is 10.5. The number of carbonyl (C=O) groups is 2. The van der Waals surface area contributed by atoms with Crippen LogP contribution in [0.15, 0.2) is 47.6 Å². The van der Waals surface area contributed by atoms with E-state index in [9.17, 15) is 47.5 Å². The monoisotopic (exact) mass is 641 g/mol. The van der Waals surface area contributed by atoms with Crippen LogP contribution in [0.1, 0.15) is 43.7 Å². The maximum absolute atomic E-state index is 14.3. The van der Waals surface area contributed by atoms with Crippen molar-refractivity contribution < 1.29 is 46.9 Å². The second kappa shape index (κ2) is 10.8. The van der Waals surface area contributed by atoms with E-state index in [1.54, 1.807) is 0 Å². The SMILES string of the molecule is COC1CC(C(=O)N(c2ccc(S(F)(F)(F)(F)F)cc2)C(C(=O)NC2CCC(F)(F)CC2)c2cncc(F)c2)N(C#N)C1. The Morgan fingerprint density at radius 1 is 1.14 bits per heavy atom. The number of anilines is 1. The number of aromatic nitrogens is 1. The highest BCUT2D eigenvalue weighted by Crippen LogP contribution is 3.02. The largest absolute Gasteiger partial charge is 0.379 e. The first-order valence-electron chi connectivity index (χ1n) is 13.0. The molecule has 2 heterocycles. The predicted octanol–water partition coefficient (Wildman–Crippen LogP) is 6.22. The first kappa shape index (κ1) is 32.3. The first-order chi connectivity index (χ1) is 19.8. The smallest absolute Gasteiger partial charge is 0.310 e. The van der Waals surface area contributed by atoms with E-state index >= 15 is 0 Å². The van der Waals surface area contributed by atoms with Crippen LogP contribution in [-0.2, 0) is 14.3 Å². The third kappa shape index (κ3) is 7.47. The van der Waals surface area contributed by atoms with Gasteiger partial charge >= 0.3 is 10.2 Å². The molecule has 17 heteroatoms. The number of halogens is 8. The van der Waals surface area contributed by atoms with Gasteiger partial charge in [-0.2, -0.15) is 5.26 Å². The highest BCUT2D eigenvalue weighted by atomic mass is 32.5. The molecule has 3 unspecified atom stereocenters. The Bertz CT molecular complexity index is 1410. The third-order valence-electron chi connectivity index (χ3n) is 7.42. The van der Waals surface area contributed by atoms with Crippen molar-refractivity contribution in [3.05, 3.63) is 54.1 Å². The highest BCUT2D eigenvalue weighted by molar-refractivity contribution is 8.45. The molecule has 1 aliphatic heterocycles. The summed E-state index contributed by atoms with van der Waals surface area (Å²) in [6.45, 7) is -0.0466. The van der Waals surface area contributed by atoms with E-state index in [1.165, 1.54) is 7.11 Å². The molecule has 1 aromatic heterocycles. The van der Waals surface area contributed by atoms with Gasteiger partial charge in [0.1, 0.15) is 22.8 Å². The lowest BCUT2D eigenvalue weighted by molar-refractivity contribution is -0.129. The summed E-state index contributed by atoms with van der Waals surface area (Å²) in [5.74, 6) is -5.92. The first-order valence-corrected chi connectivity index (χ1v) is 14.9. The number of nitriles is 1. The fourth-order valence-corrected chi connectivity index (χ4v) is 5.85. The fourth-order valence-electron chi connectivity index (χ4n) is 5.20. The summed E-state index contributed by atoms with van der Waals surface area (Å²) in [6.07, 6.45) is 1.54. The summed E-state index contributed by atoms with van der Waals surface area (Å²) in [5, 5.41) is 12.2. The van der Waals surface area contributed by atoms with Crippen LogP contribution >= 0.6 is 10.2 Å². The molecule has 0 spiro atoms. The third-order valence-corrected chi connectivity index (χ3v) is 8.58. The van der Waals surface area contributed by atoms with Crippen LogP contribution in [0, 0.1) is 17.3 Å². The number of pyridine rings is 1. The molecule has 1 saturated heterocycles. The summed E-state index contributed by atoms with van der Waals surface area (Å²) in [5.41, 5.74) is -0.720. The molecule has 2 aromatic rings. The molecule has 2 amide bonds. The minimum atomic E-state index is -10.1. The Hall–Kier alpha value is -3.65. The zero-order chi connectivity index (χ0) is 31.9. The van der Waals surface area contributed by atoms with Gasteiger partial charge in [0, 0.05) is 49.9 Å². The lowest BCUT2D eigenvalue weighted by Gasteiger charge is -2.41. The maximum Gasteiger partial charge on any atom is 0.310 e. The number of amides is 2. The van der Waals surface area contributed by atoms with Gasteiger partial charge < -0.3 is 10.1 Å². The molecular formula is C26H27F8N5O3S. The quantitative estimate of drug-likeness (QED) is 0.272. The summed E-state index contributed by atoms with van der Waals surface area (Å²) < 4.78 is 114. The highest BCUT2D eigenvalue weighted by Gasteiger charge is 2.65. The van der Waals surface area contributed by atoms with Crippen molar-refractivity contribution in [3.63, 3.8) is 0 Å². The number of rotatable bonds is 8. The zero-order valence-electron chi connectivity index (χ0n) is 22.5. The van der Waals surface area contributed by atoms with Crippen LogP contribution in [0.25, 0.3) is 0 Å². The van der Waals surface area contributed by atoms with Gasteiger partial charge in [-0.05, 0) is 43.2 Å². The normalized spacial score (nSPS) is 23.0. The van der Waals surface area contributed by atoms with Crippen LogP contribution in [0.5, 0.6) is 0 Å². The number of benzene rings is 1. The van der Waals surface area contributed by atoms with Gasteiger partial charge in [0.25, 0.3) is 5.91 Å². The van der Waals surface area contributed by atoms with Crippen LogP contribution in [0.3, 0.4) is 0 Å². The summed E-state index contributed by atoms with van der Waals surface area (Å²) in [4.78, 5) is 31.0. The lowest BCUT2D eigenvalue weighted by Crippen LogP contribution is -2.52. The number of alkyl halides is 2. The fraction of sp³-hybridized carbons (Fsp3) is 0.462. The van der Waals surface area contributed by atoms with Gasteiger partial charge in [-0.15, -0.1) is 0 Å². The van der Waals surface area contributed by atoms with Gasteiger partial charge in [0.15, 0.2) is 6.19 Å². The Labute approximate surface area is 241 Å². The number of hydrogen-bond acceptors (Lipinski definition) is 6. The molecule has 1 aliphatic carbocycles. The van der Waals surface area contributed by atoms with Crippen LogP contribution in [0.2, 0.25) is 0 Å². The lowest BCUT2D eigenvalue weighted by atomic mass is 9.91. The molecule has 3 atom stereocenters. The average molecular weight is 642 g/mol. The van der Waals surface area contributed by atoms with Crippen LogP contribution in [0.4, 0.5) is 38.3 Å². The minimum absolute atomic E-state index is 0.0466. The molecule has 1 N–H and O–H groups in total. The molecule has 2 aliphatic rings. The molecular weight excluding hydrogens is 614 g/mol. The molecule has 1 saturated carbocycles. The Morgan fingerprint density at radius 3 is 2.30 bits per heavy atom. The molecule has 43 heavy (non-hydrogen) atoms. The number of nitrogens with zero attached hydrogens (tertiary/aromatic N) is 4. The van der Waals surface area contributed by atoms with Crippen molar-refractivity contribution >= 4 is 27.7 Å². The Kier molecular flexibility index (Phi) is 8.11. The molecule has 2 fully saturated rings. The van der Waals surface area contributed by atoms with E-state index in [4.69, 9.17) is 4.74 Å². The molecule has 8 nitrogen and oxygen atoms in total. The number of methoxy groups -OCH3 is 1. The number of carbonyl (C=O) groups excluding carboxylic acids is 2. The van der Waals surface area contributed by atoms with Gasteiger partial charge in [-0.1, -0.05) is 19.4 Å². The van der Waals surface area contributed by atoms with E-state index < -0.39 is 81.4 Å². The predicted molar refractivity (Wildman–Crippen MR) is 139 cm³/mol. The van der Waals surface area contributed by atoms with E-state index in [1.807, 2.05) is 6.19 Å². The van der Waals surface area contributed by atoms with E-state index in [2.05, 4.69) is 10.3 Å². The van der Waals surface area contributed by atoms with E-state index in [0.717, 1.165) is 23.4 Å². The second-order valence-corrected chi connectivity index (χ2v) is 12.9. The summed E-state index contributed by atoms with van der Waals surface area (Å²) >= 11 is 0. The van der Waals surface area contributed by atoms with Crippen molar-refractivity contribution in [1.29, 1.82) is 5.26 Å². The van der Waals surface area contributed by atoms with Gasteiger partial charge in [0.05, 0.1) is 18.8 Å². The molecule has 0 bridgehead atoms. The molecule has 4 rings (SSSR count). The molecule has 1 aromatic carbocycles. The van der Waals surface area contributed by atoms with E-state index in [-0.39, 0.29) is 43.5 Å². The van der Waals surface area contributed by atoms with Gasteiger partial charge in [-0.25, -0.2) is 13.2 Å². The molecule has 0 radical (unpaired) electrons. The van der Waals surface area contributed by atoms with Gasteiger partial charge in [-0.3, -0.25) is 24.4 Å². The minimum Gasteiger partial charge on any atom is -0.379 e. The number of nitrogens with one attached hydrogen (secondary N) is 1. The van der Waals surface area contributed by atoms with Crippen molar-refractivity contribution in [1.82, 2.24) is 15.2 Å². The number of ether oxygens (including phenoxy) is 1. The topological polar surface area (TPSA) is 98.6 Å². The summed E-state index contributed by atoms with van der Waals surface area (Å²) in [6, 6.07) is -1.91. The van der Waals surface area contributed by atoms with Crippen molar-refractivity contribution in [3.8, 4) is 6.19 Å². The molecule has 236 valence electrons. The van der Waals surface area contributed by atoms with Crippen molar-refractivity contribution in [2.24, 2.45) is 0 Å². The van der Waals surface area contributed by atoms with Gasteiger partial charge in [0.2, 0.25) is 11.8 Å². The van der Waals surface area contributed by atoms with Crippen molar-refractivity contribution in [2.75, 3.05) is 18.6 Å². The number of likely N-dealkylation sites (tertiary alicyclic amines) is 1. The average Bonchev–Trinajstić information content (AvgIpc) is 3.35. The Morgan fingerprint density at radius 2 is 1.77 bits per heavy atom. The zero-order valence-corrected chi connectivity index (χ0v) is 23.4. The standard InChI is InChI=1S/C26H27F8N5O3S/c1-42-20-11-22(38(14-20)15-35)25(41)39(19-2-4-21(5-3-19)43(30,31,32,33)34)23(16-10-17(27)13-36-12-16)24(40)37-18-6-8-26(28,29)9-7-18/h2-5,10,12-13,18,20,22-23H,6-9,11,14H2,1H3,(H,37,40). The van der Waals surface area contributed by atoms with Crippen molar-refractivity contribution in [2.45, 2.75) is 67.2 Å². The maximum atomic E-state index is 14.3. The van der Waals surface area contributed by atoms with Crippen LogP contribution < -0.4 is 10.2 Å². The van der Waals surface area contributed by atoms with Crippen LogP contribution in [-0.4, -0.2) is 59.5 Å².